The monoisotopic (exact) mass is 486 g/mol. The summed E-state index contributed by atoms with van der Waals surface area (Å²) in [5.41, 5.74) is 4.01. The van der Waals surface area contributed by atoms with E-state index in [1.54, 1.807) is 17.9 Å². The van der Waals surface area contributed by atoms with Gasteiger partial charge in [0.05, 0.1) is 23.5 Å². The second-order valence-corrected chi connectivity index (χ2v) is 8.97. The number of hydrogen-bond donors (Lipinski definition) is 0. The molecule has 1 saturated heterocycles. The second-order valence-electron chi connectivity index (χ2n) is 8.56. The zero-order valence-electron chi connectivity index (χ0n) is 19.6. The van der Waals surface area contributed by atoms with E-state index in [-0.39, 0.29) is 5.91 Å². The number of piperazine rings is 1. The standard InChI is InChI=1S/C28H27ClN4O2/c1-35-23-11-7-10-22(18-23)25-19-27(33(30-25)26-13-6-5-12-24(26)29)28(34)32-16-14-31(15-17-32)20-21-8-3-2-4-9-21/h2-13,18-19H,14-17,20H2,1H3. The van der Waals surface area contributed by atoms with Gasteiger partial charge in [-0.25, -0.2) is 4.68 Å². The van der Waals surface area contributed by atoms with Crippen molar-refractivity contribution in [3.8, 4) is 22.7 Å². The van der Waals surface area contributed by atoms with Gasteiger partial charge in [0.2, 0.25) is 0 Å². The van der Waals surface area contributed by atoms with Crippen LogP contribution in [-0.4, -0.2) is 58.8 Å². The van der Waals surface area contributed by atoms with Crippen LogP contribution in [-0.2, 0) is 6.54 Å². The van der Waals surface area contributed by atoms with Crippen molar-refractivity contribution in [1.29, 1.82) is 0 Å². The Balaban J connectivity index is 1.41. The summed E-state index contributed by atoms with van der Waals surface area (Å²) in [6.07, 6.45) is 0. The molecule has 1 amide bonds. The van der Waals surface area contributed by atoms with Crippen molar-refractivity contribution in [1.82, 2.24) is 19.6 Å². The zero-order chi connectivity index (χ0) is 24.2. The van der Waals surface area contributed by atoms with Crippen LogP contribution in [0.25, 0.3) is 16.9 Å². The summed E-state index contributed by atoms with van der Waals surface area (Å²) in [5, 5.41) is 5.33. The SMILES string of the molecule is COc1cccc(-c2cc(C(=O)N3CCN(Cc4ccccc4)CC3)n(-c3ccccc3Cl)n2)c1. The summed E-state index contributed by atoms with van der Waals surface area (Å²) in [7, 11) is 1.63. The summed E-state index contributed by atoms with van der Waals surface area (Å²) in [6, 6.07) is 27.4. The molecule has 4 aromatic rings. The number of para-hydroxylation sites is 1. The topological polar surface area (TPSA) is 50.6 Å². The van der Waals surface area contributed by atoms with Crippen molar-refractivity contribution in [2.24, 2.45) is 0 Å². The number of aromatic nitrogens is 2. The molecule has 3 aromatic carbocycles. The van der Waals surface area contributed by atoms with Crippen LogP contribution in [0.15, 0.2) is 84.9 Å². The maximum Gasteiger partial charge on any atom is 0.272 e. The highest BCUT2D eigenvalue weighted by Crippen LogP contribution is 2.28. The maximum absolute atomic E-state index is 13.7. The maximum atomic E-state index is 13.7. The van der Waals surface area contributed by atoms with Gasteiger partial charge in [-0.05, 0) is 35.9 Å². The van der Waals surface area contributed by atoms with Crippen molar-refractivity contribution < 1.29 is 9.53 Å². The Morgan fingerprint density at radius 3 is 2.40 bits per heavy atom. The van der Waals surface area contributed by atoms with Gasteiger partial charge in [-0.3, -0.25) is 9.69 Å². The first-order valence-electron chi connectivity index (χ1n) is 11.7. The average Bonchev–Trinajstić information content (AvgIpc) is 3.35. The van der Waals surface area contributed by atoms with Gasteiger partial charge in [0.1, 0.15) is 11.4 Å². The fraction of sp³-hybridized carbons (Fsp3) is 0.214. The molecule has 2 heterocycles. The van der Waals surface area contributed by atoms with E-state index in [0.29, 0.717) is 35.2 Å². The number of nitrogens with zero attached hydrogens (tertiary/aromatic N) is 4. The molecule has 0 N–H and O–H groups in total. The molecule has 5 rings (SSSR count). The molecule has 0 saturated carbocycles. The third-order valence-corrected chi connectivity index (χ3v) is 6.60. The lowest BCUT2D eigenvalue weighted by molar-refractivity contribution is 0.0619. The summed E-state index contributed by atoms with van der Waals surface area (Å²) < 4.78 is 7.04. The van der Waals surface area contributed by atoms with E-state index >= 15 is 0 Å². The van der Waals surface area contributed by atoms with Crippen LogP contribution in [0.2, 0.25) is 5.02 Å². The molecule has 1 aliphatic heterocycles. The number of carbonyl (C=O) groups excluding carboxylic acids is 1. The first-order chi connectivity index (χ1) is 17.1. The lowest BCUT2D eigenvalue weighted by Gasteiger charge is -2.34. The lowest BCUT2D eigenvalue weighted by atomic mass is 10.1. The molecular formula is C28H27ClN4O2. The highest BCUT2D eigenvalue weighted by atomic mass is 35.5. The van der Waals surface area contributed by atoms with Gasteiger partial charge < -0.3 is 9.64 Å². The van der Waals surface area contributed by atoms with E-state index in [1.807, 2.05) is 59.5 Å². The van der Waals surface area contributed by atoms with Gasteiger partial charge >= 0.3 is 0 Å². The van der Waals surface area contributed by atoms with Crippen LogP contribution >= 0.6 is 11.6 Å². The van der Waals surface area contributed by atoms with Gasteiger partial charge in [0.25, 0.3) is 5.91 Å². The number of methoxy groups -OCH3 is 1. The average molecular weight is 487 g/mol. The highest BCUT2D eigenvalue weighted by Gasteiger charge is 2.27. The minimum Gasteiger partial charge on any atom is -0.497 e. The molecule has 7 heteroatoms. The third kappa shape index (κ3) is 5.09. The Kier molecular flexibility index (Phi) is 6.84. The normalized spacial score (nSPS) is 14.2. The molecule has 0 unspecified atom stereocenters. The van der Waals surface area contributed by atoms with Crippen LogP contribution in [0, 0.1) is 0 Å². The van der Waals surface area contributed by atoms with Crippen LogP contribution in [0.1, 0.15) is 16.1 Å². The van der Waals surface area contributed by atoms with Gasteiger partial charge in [0.15, 0.2) is 0 Å². The molecule has 0 bridgehead atoms. The van der Waals surface area contributed by atoms with E-state index in [1.165, 1.54) is 5.56 Å². The van der Waals surface area contributed by atoms with Crippen LogP contribution < -0.4 is 4.74 Å². The molecule has 178 valence electrons. The lowest BCUT2D eigenvalue weighted by Crippen LogP contribution is -2.48. The summed E-state index contributed by atoms with van der Waals surface area (Å²) in [5.74, 6) is 0.683. The number of ether oxygens (including phenoxy) is 1. The molecule has 6 nitrogen and oxygen atoms in total. The highest BCUT2D eigenvalue weighted by molar-refractivity contribution is 6.32. The first-order valence-corrected chi connectivity index (χ1v) is 12.0. The number of amides is 1. The Hall–Kier alpha value is -3.61. The van der Waals surface area contributed by atoms with Crippen molar-refractivity contribution in [3.05, 3.63) is 101 Å². The minimum atomic E-state index is -0.0501. The van der Waals surface area contributed by atoms with Gasteiger partial charge in [-0.15, -0.1) is 0 Å². The third-order valence-electron chi connectivity index (χ3n) is 6.28. The number of hydrogen-bond acceptors (Lipinski definition) is 4. The Bertz CT molecular complexity index is 1310. The van der Waals surface area contributed by atoms with E-state index < -0.39 is 0 Å². The number of benzene rings is 3. The Morgan fingerprint density at radius 2 is 1.66 bits per heavy atom. The number of carbonyl (C=O) groups is 1. The first kappa shape index (κ1) is 23.1. The molecule has 0 radical (unpaired) electrons. The van der Waals surface area contributed by atoms with E-state index in [9.17, 15) is 4.79 Å². The molecular weight excluding hydrogens is 460 g/mol. The summed E-state index contributed by atoms with van der Waals surface area (Å²) >= 11 is 6.51. The van der Waals surface area contributed by atoms with Crippen molar-refractivity contribution >= 4 is 17.5 Å². The van der Waals surface area contributed by atoms with Crippen molar-refractivity contribution in [2.45, 2.75) is 6.54 Å². The fourth-order valence-electron chi connectivity index (χ4n) is 4.38. The summed E-state index contributed by atoms with van der Waals surface area (Å²) in [4.78, 5) is 18.0. The Morgan fingerprint density at radius 1 is 0.914 bits per heavy atom. The van der Waals surface area contributed by atoms with Gasteiger partial charge in [-0.2, -0.15) is 5.10 Å². The molecule has 0 atom stereocenters. The van der Waals surface area contributed by atoms with Crippen LogP contribution in [0.5, 0.6) is 5.75 Å². The molecule has 1 fully saturated rings. The van der Waals surface area contributed by atoms with Crippen molar-refractivity contribution in [2.75, 3.05) is 33.3 Å². The van der Waals surface area contributed by atoms with Gasteiger partial charge in [0, 0.05) is 38.3 Å². The molecule has 0 spiro atoms. The molecule has 0 aliphatic carbocycles. The minimum absolute atomic E-state index is 0.0501. The fourth-order valence-corrected chi connectivity index (χ4v) is 4.59. The zero-order valence-corrected chi connectivity index (χ0v) is 20.4. The van der Waals surface area contributed by atoms with Crippen LogP contribution in [0.3, 0.4) is 0 Å². The predicted octanol–water partition coefficient (Wildman–Crippen LogP) is 5.16. The molecule has 1 aromatic heterocycles. The molecule has 1 aliphatic rings. The van der Waals surface area contributed by atoms with E-state index in [0.717, 1.165) is 30.9 Å². The summed E-state index contributed by atoms with van der Waals surface area (Å²) in [6.45, 7) is 3.86. The number of halogens is 1. The smallest absolute Gasteiger partial charge is 0.272 e. The second kappa shape index (κ2) is 10.3. The number of rotatable bonds is 6. The quantitative estimate of drug-likeness (QED) is 0.378. The largest absolute Gasteiger partial charge is 0.497 e. The molecule has 35 heavy (non-hydrogen) atoms. The van der Waals surface area contributed by atoms with Crippen LogP contribution in [0.4, 0.5) is 0 Å². The van der Waals surface area contributed by atoms with E-state index in [2.05, 4.69) is 29.2 Å². The predicted molar refractivity (Wildman–Crippen MR) is 138 cm³/mol. The van der Waals surface area contributed by atoms with Gasteiger partial charge in [-0.1, -0.05) is 66.2 Å². The van der Waals surface area contributed by atoms with Crippen molar-refractivity contribution in [3.63, 3.8) is 0 Å². The Labute approximate surface area is 210 Å². The van der Waals surface area contributed by atoms with E-state index in [4.69, 9.17) is 21.4 Å².